The number of non-ortho nitro benzene ring substituents is 1. The normalized spacial score (nSPS) is 12.2. The molecule has 16 heavy (non-hydrogen) atoms. The van der Waals surface area contributed by atoms with E-state index in [1.54, 1.807) is 6.07 Å². The Bertz CT molecular complexity index is 379. The number of nitro benzene ring substituents is 1. The van der Waals surface area contributed by atoms with Gasteiger partial charge in [0.15, 0.2) is 0 Å². The Balaban J connectivity index is 2.85. The van der Waals surface area contributed by atoms with Gasteiger partial charge in [0, 0.05) is 12.6 Å². The molecule has 0 aliphatic heterocycles. The van der Waals surface area contributed by atoms with Crippen molar-refractivity contribution in [3.8, 4) is 5.75 Å². The first-order valence-electron chi connectivity index (χ1n) is 5.11. The van der Waals surface area contributed by atoms with Crippen molar-refractivity contribution in [1.82, 2.24) is 5.32 Å². The van der Waals surface area contributed by atoms with Gasteiger partial charge in [0.25, 0.3) is 5.69 Å². The minimum atomic E-state index is -0.422. The van der Waals surface area contributed by atoms with Crippen molar-refractivity contribution >= 4 is 5.69 Å². The summed E-state index contributed by atoms with van der Waals surface area (Å²) in [6, 6.07) is 4.63. The molecule has 0 bridgehead atoms. The quantitative estimate of drug-likeness (QED) is 0.612. The third kappa shape index (κ3) is 3.20. The average molecular weight is 224 g/mol. The van der Waals surface area contributed by atoms with Crippen molar-refractivity contribution in [3.05, 3.63) is 33.9 Å². The maximum Gasteiger partial charge on any atom is 0.273 e. The third-order valence-corrected chi connectivity index (χ3v) is 2.20. The van der Waals surface area contributed by atoms with E-state index in [0.717, 1.165) is 5.56 Å². The maximum atomic E-state index is 10.6. The van der Waals surface area contributed by atoms with Crippen LogP contribution in [0.2, 0.25) is 0 Å². The first-order valence-corrected chi connectivity index (χ1v) is 5.11. The SMILES string of the molecule is CNCC(C)Oc1cc([N+](=O)[O-])ccc1C. The Morgan fingerprint density at radius 1 is 1.56 bits per heavy atom. The van der Waals surface area contributed by atoms with E-state index in [1.807, 2.05) is 20.9 Å². The molecule has 1 aromatic rings. The van der Waals surface area contributed by atoms with Gasteiger partial charge in [0.2, 0.25) is 0 Å². The number of aryl methyl sites for hydroxylation is 1. The van der Waals surface area contributed by atoms with E-state index in [-0.39, 0.29) is 11.8 Å². The fraction of sp³-hybridized carbons (Fsp3) is 0.455. The zero-order chi connectivity index (χ0) is 12.1. The number of ether oxygens (including phenoxy) is 1. The van der Waals surface area contributed by atoms with Gasteiger partial charge >= 0.3 is 0 Å². The highest BCUT2D eigenvalue weighted by molar-refractivity contribution is 5.43. The molecular formula is C11H16N2O3. The molecule has 0 spiro atoms. The third-order valence-electron chi connectivity index (χ3n) is 2.20. The fourth-order valence-corrected chi connectivity index (χ4v) is 1.38. The van der Waals surface area contributed by atoms with Crippen LogP contribution in [0.1, 0.15) is 12.5 Å². The molecule has 0 aliphatic carbocycles. The predicted octanol–water partition coefficient (Wildman–Crippen LogP) is 1.89. The second-order valence-electron chi connectivity index (χ2n) is 3.69. The molecule has 1 atom stereocenters. The molecule has 5 nitrogen and oxygen atoms in total. The van der Waals surface area contributed by atoms with Crippen LogP contribution in [0.15, 0.2) is 18.2 Å². The Kier molecular flexibility index (Phi) is 4.25. The summed E-state index contributed by atoms with van der Waals surface area (Å²) in [6.45, 7) is 4.47. The van der Waals surface area contributed by atoms with E-state index in [2.05, 4.69) is 5.32 Å². The molecule has 0 saturated carbocycles. The second-order valence-corrected chi connectivity index (χ2v) is 3.69. The fourth-order valence-electron chi connectivity index (χ4n) is 1.38. The number of likely N-dealkylation sites (N-methyl/N-ethyl adjacent to an activating group) is 1. The molecule has 0 amide bonds. The Morgan fingerprint density at radius 2 is 2.25 bits per heavy atom. The number of nitro groups is 1. The molecule has 0 aliphatic rings. The number of hydrogen-bond donors (Lipinski definition) is 1. The van der Waals surface area contributed by atoms with Gasteiger partial charge in [0.05, 0.1) is 11.0 Å². The zero-order valence-corrected chi connectivity index (χ0v) is 9.69. The lowest BCUT2D eigenvalue weighted by molar-refractivity contribution is -0.385. The standard InChI is InChI=1S/C11H16N2O3/c1-8-4-5-10(13(14)15)6-11(8)16-9(2)7-12-3/h4-6,9,12H,7H2,1-3H3. The van der Waals surface area contributed by atoms with Crippen LogP contribution in [0.25, 0.3) is 0 Å². The first kappa shape index (κ1) is 12.4. The molecule has 1 aromatic carbocycles. The highest BCUT2D eigenvalue weighted by Crippen LogP contribution is 2.24. The molecule has 1 N–H and O–H groups in total. The largest absolute Gasteiger partial charge is 0.489 e. The van der Waals surface area contributed by atoms with Crippen LogP contribution in [-0.2, 0) is 0 Å². The lowest BCUT2D eigenvalue weighted by atomic mass is 10.2. The maximum absolute atomic E-state index is 10.6. The first-order chi connectivity index (χ1) is 7.54. The second kappa shape index (κ2) is 5.46. The van der Waals surface area contributed by atoms with Gasteiger partial charge in [-0.2, -0.15) is 0 Å². The zero-order valence-electron chi connectivity index (χ0n) is 9.69. The topological polar surface area (TPSA) is 64.4 Å². The van der Waals surface area contributed by atoms with Gasteiger partial charge in [-0.25, -0.2) is 0 Å². The van der Waals surface area contributed by atoms with Crippen LogP contribution in [0.3, 0.4) is 0 Å². The van der Waals surface area contributed by atoms with Gasteiger partial charge in [-0.05, 0) is 32.5 Å². The highest BCUT2D eigenvalue weighted by atomic mass is 16.6. The monoisotopic (exact) mass is 224 g/mol. The van der Waals surface area contributed by atoms with E-state index < -0.39 is 4.92 Å². The average Bonchev–Trinajstić information content (AvgIpc) is 2.21. The number of hydrogen-bond acceptors (Lipinski definition) is 4. The van der Waals surface area contributed by atoms with Crippen molar-refractivity contribution in [2.75, 3.05) is 13.6 Å². The molecule has 0 heterocycles. The van der Waals surface area contributed by atoms with Gasteiger partial charge in [0.1, 0.15) is 11.9 Å². The molecule has 0 aromatic heterocycles. The molecule has 1 rings (SSSR count). The van der Waals surface area contributed by atoms with Crippen molar-refractivity contribution in [1.29, 1.82) is 0 Å². The Morgan fingerprint density at radius 3 is 2.81 bits per heavy atom. The number of benzene rings is 1. The summed E-state index contributed by atoms with van der Waals surface area (Å²) in [5, 5.41) is 13.6. The lowest BCUT2D eigenvalue weighted by Crippen LogP contribution is -2.26. The van der Waals surface area contributed by atoms with Crippen molar-refractivity contribution in [2.45, 2.75) is 20.0 Å². The number of nitrogens with zero attached hydrogens (tertiary/aromatic N) is 1. The van der Waals surface area contributed by atoms with Gasteiger partial charge in [-0.15, -0.1) is 0 Å². The molecule has 88 valence electrons. The van der Waals surface area contributed by atoms with Crippen LogP contribution < -0.4 is 10.1 Å². The summed E-state index contributed by atoms with van der Waals surface area (Å²) in [5.74, 6) is 0.567. The van der Waals surface area contributed by atoms with Gasteiger partial charge < -0.3 is 10.1 Å². The molecular weight excluding hydrogens is 208 g/mol. The molecule has 1 unspecified atom stereocenters. The van der Waals surface area contributed by atoms with E-state index in [0.29, 0.717) is 12.3 Å². The van der Waals surface area contributed by atoms with Crippen molar-refractivity contribution in [2.24, 2.45) is 0 Å². The summed E-state index contributed by atoms with van der Waals surface area (Å²) < 4.78 is 5.61. The van der Waals surface area contributed by atoms with E-state index >= 15 is 0 Å². The number of nitrogens with one attached hydrogen (secondary N) is 1. The van der Waals surface area contributed by atoms with Gasteiger partial charge in [-0.3, -0.25) is 10.1 Å². The Hall–Kier alpha value is -1.62. The smallest absolute Gasteiger partial charge is 0.273 e. The highest BCUT2D eigenvalue weighted by Gasteiger charge is 2.11. The van der Waals surface area contributed by atoms with Gasteiger partial charge in [-0.1, -0.05) is 0 Å². The van der Waals surface area contributed by atoms with Crippen LogP contribution in [0, 0.1) is 17.0 Å². The van der Waals surface area contributed by atoms with E-state index in [9.17, 15) is 10.1 Å². The molecule has 0 fully saturated rings. The minimum Gasteiger partial charge on any atom is -0.489 e. The summed E-state index contributed by atoms with van der Waals surface area (Å²) >= 11 is 0. The van der Waals surface area contributed by atoms with Crippen molar-refractivity contribution in [3.63, 3.8) is 0 Å². The van der Waals surface area contributed by atoms with Crippen molar-refractivity contribution < 1.29 is 9.66 Å². The summed E-state index contributed by atoms with van der Waals surface area (Å²) in [7, 11) is 1.83. The van der Waals surface area contributed by atoms with E-state index in [1.165, 1.54) is 12.1 Å². The lowest BCUT2D eigenvalue weighted by Gasteiger charge is -2.15. The number of rotatable bonds is 5. The predicted molar refractivity (Wildman–Crippen MR) is 61.9 cm³/mol. The van der Waals surface area contributed by atoms with Crippen LogP contribution in [0.5, 0.6) is 5.75 Å². The summed E-state index contributed by atoms with van der Waals surface area (Å²) in [4.78, 5) is 10.2. The minimum absolute atomic E-state index is 0.0225. The van der Waals surface area contributed by atoms with Crippen LogP contribution in [-0.4, -0.2) is 24.6 Å². The Labute approximate surface area is 94.6 Å². The molecule has 5 heteroatoms. The molecule has 0 radical (unpaired) electrons. The van der Waals surface area contributed by atoms with E-state index in [4.69, 9.17) is 4.74 Å². The summed E-state index contributed by atoms with van der Waals surface area (Å²) in [6.07, 6.45) is -0.0225. The summed E-state index contributed by atoms with van der Waals surface area (Å²) in [5.41, 5.74) is 0.950. The molecule has 0 saturated heterocycles. The van der Waals surface area contributed by atoms with Crippen LogP contribution in [0.4, 0.5) is 5.69 Å². The van der Waals surface area contributed by atoms with Crippen LogP contribution >= 0.6 is 0 Å².